The monoisotopic (exact) mass is 527 g/mol. The molecule has 0 saturated heterocycles. The second-order valence-electron chi connectivity index (χ2n) is 7.55. The highest BCUT2D eigenvalue weighted by molar-refractivity contribution is 9.10. The van der Waals surface area contributed by atoms with Gasteiger partial charge in [0.2, 0.25) is 0 Å². The van der Waals surface area contributed by atoms with Gasteiger partial charge in [0, 0.05) is 4.47 Å². The van der Waals surface area contributed by atoms with Crippen LogP contribution in [0.3, 0.4) is 0 Å². The van der Waals surface area contributed by atoms with Gasteiger partial charge in [-0.3, -0.25) is 9.10 Å². The van der Waals surface area contributed by atoms with E-state index in [4.69, 9.17) is 0 Å². The largest absolute Gasteiger partial charge is 0.271 e. The molecule has 6 nitrogen and oxygen atoms in total. The number of carbonyl (C=O) groups is 1. The second-order valence-corrected chi connectivity index (χ2v) is 10.3. The van der Waals surface area contributed by atoms with Crippen LogP contribution in [0, 0.1) is 6.92 Å². The number of nitrogens with one attached hydrogen (secondary N) is 1. The van der Waals surface area contributed by atoms with Gasteiger partial charge in [-0.15, -0.1) is 0 Å². The van der Waals surface area contributed by atoms with E-state index in [0.717, 1.165) is 25.5 Å². The lowest BCUT2D eigenvalue weighted by molar-refractivity contribution is -0.119. The molecule has 172 valence electrons. The van der Waals surface area contributed by atoms with Gasteiger partial charge in [-0.05, 0) is 61.7 Å². The molecule has 8 heteroatoms. The summed E-state index contributed by atoms with van der Waals surface area (Å²) in [7, 11) is -3.98. The lowest BCUT2D eigenvalue weighted by atomic mass is 10.1. The first-order valence-electron chi connectivity index (χ1n) is 10.5. The minimum Gasteiger partial charge on any atom is -0.271 e. The predicted octanol–water partition coefficient (Wildman–Crippen LogP) is 5.06. The van der Waals surface area contributed by atoms with E-state index in [9.17, 15) is 13.2 Å². The molecule has 3 rings (SSSR count). The van der Waals surface area contributed by atoms with Crippen molar-refractivity contribution >= 4 is 43.3 Å². The number of carbonyl (C=O) groups excluding carboxylic acids is 1. The van der Waals surface area contributed by atoms with Crippen molar-refractivity contribution in [2.75, 3.05) is 10.8 Å². The molecule has 0 aromatic heterocycles. The lowest BCUT2D eigenvalue weighted by Gasteiger charge is -2.26. The fourth-order valence-electron chi connectivity index (χ4n) is 3.26. The van der Waals surface area contributed by atoms with Crippen LogP contribution in [0.2, 0.25) is 0 Å². The molecular weight excluding hydrogens is 502 g/mol. The Morgan fingerprint density at radius 2 is 1.64 bits per heavy atom. The van der Waals surface area contributed by atoms with Gasteiger partial charge in [-0.1, -0.05) is 70.9 Å². The lowest BCUT2D eigenvalue weighted by Crippen LogP contribution is -2.40. The van der Waals surface area contributed by atoms with Crippen molar-refractivity contribution in [1.29, 1.82) is 0 Å². The van der Waals surface area contributed by atoms with Crippen molar-refractivity contribution in [2.24, 2.45) is 5.10 Å². The fraction of sp³-hybridized carbons (Fsp3) is 0.200. The Hall–Kier alpha value is -2.97. The molecule has 0 aliphatic heterocycles. The molecule has 0 atom stereocenters. The fourth-order valence-corrected chi connectivity index (χ4v) is 4.98. The number of hydrogen-bond donors (Lipinski definition) is 1. The highest BCUT2D eigenvalue weighted by Gasteiger charge is 2.28. The quantitative estimate of drug-likeness (QED) is 0.328. The summed E-state index contributed by atoms with van der Waals surface area (Å²) in [4.78, 5) is 12.9. The Bertz CT molecular complexity index is 1250. The van der Waals surface area contributed by atoms with Crippen LogP contribution in [-0.2, 0) is 21.2 Å². The molecule has 3 aromatic rings. The molecule has 0 bridgehead atoms. The van der Waals surface area contributed by atoms with E-state index in [2.05, 4.69) is 26.5 Å². The molecule has 1 N–H and O–H groups in total. The highest BCUT2D eigenvalue weighted by Crippen LogP contribution is 2.27. The summed E-state index contributed by atoms with van der Waals surface area (Å²) in [6.07, 6.45) is 0.624. The average Bonchev–Trinajstić information content (AvgIpc) is 2.81. The zero-order valence-corrected chi connectivity index (χ0v) is 21.2. The highest BCUT2D eigenvalue weighted by atomic mass is 79.9. The number of anilines is 1. The Morgan fingerprint density at radius 3 is 2.27 bits per heavy atom. The number of para-hydroxylation sites is 1. The number of hydrogen-bond acceptors (Lipinski definition) is 4. The second kappa shape index (κ2) is 10.8. The Morgan fingerprint density at radius 1 is 1.00 bits per heavy atom. The summed E-state index contributed by atoms with van der Waals surface area (Å²) >= 11 is 3.39. The van der Waals surface area contributed by atoms with E-state index in [-0.39, 0.29) is 4.90 Å². The zero-order chi connectivity index (χ0) is 24.0. The van der Waals surface area contributed by atoms with Gasteiger partial charge in [0.05, 0.1) is 16.3 Å². The Balaban J connectivity index is 1.91. The molecule has 33 heavy (non-hydrogen) atoms. The first-order chi connectivity index (χ1) is 15.7. The Labute approximate surface area is 203 Å². The standard InChI is InChI=1S/C25H26BrN3O3S/c1-4-20-7-5-6-8-24(20)29(33(31,32)23-15-9-18(2)10-16-23)17-25(30)28-27-19(3)21-11-13-22(26)14-12-21/h5-16H,4,17H2,1-3H3,(H,28,30)/b27-19-. The maximum Gasteiger partial charge on any atom is 0.264 e. The van der Waals surface area contributed by atoms with E-state index >= 15 is 0 Å². The molecule has 0 spiro atoms. The van der Waals surface area contributed by atoms with Crippen LogP contribution in [-0.4, -0.2) is 26.6 Å². The minimum absolute atomic E-state index is 0.126. The number of aryl methyl sites for hydroxylation is 2. The topological polar surface area (TPSA) is 78.8 Å². The van der Waals surface area contributed by atoms with Crippen molar-refractivity contribution in [3.05, 3.63) is 94.0 Å². The van der Waals surface area contributed by atoms with Crippen LogP contribution in [0.4, 0.5) is 5.69 Å². The van der Waals surface area contributed by atoms with Gasteiger partial charge in [-0.25, -0.2) is 13.8 Å². The first-order valence-corrected chi connectivity index (χ1v) is 12.7. The number of hydrazone groups is 1. The molecule has 3 aromatic carbocycles. The van der Waals surface area contributed by atoms with Gasteiger partial charge in [-0.2, -0.15) is 5.10 Å². The van der Waals surface area contributed by atoms with E-state index in [0.29, 0.717) is 17.8 Å². The van der Waals surface area contributed by atoms with E-state index in [1.807, 2.05) is 50.2 Å². The normalized spacial score (nSPS) is 11.8. The van der Waals surface area contributed by atoms with Gasteiger partial charge in [0.25, 0.3) is 15.9 Å². The van der Waals surface area contributed by atoms with Gasteiger partial charge in [0.15, 0.2) is 0 Å². The molecule has 0 aliphatic rings. The summed E-state index contributed by atoms with van der Waals surface area (Å²) in [5.41, 5.74) is 6.21. The van der Waals surface area contributed by atoms with Crippen molar-refractivity contribution in [2.45, 2.75) is 32.1 Å². The third-order valence-electron chi connectivity index (χ3n) is 5.15. The number of halogens is 1. The van der Waals surface area contributed by atoms with Crippen molar-refractivity contribution in [1.82, 2.24) is 5.43 Å². The zero-order valence-electron chi connectivity index (χ0n) is 18.7. The summed E-state index contributed by atoms with van der Waals surface area (Å²) in [5.74, 6) is -0.534. The number of benzene rings is 3. The third kappa shape index (κ3) is 6.09. The number of nitrogens with zero attached hydrogens (tertiary/aromatic N) is 2. The molecule has 0 radical (unpaired) electrons. The summed E-state index contributed by atoms with van der Waals surface area (Å²) in [5, 5.41) is 4.16. The van der Waals surface area contributed by atoms with Gasteiger partial charge in [0.1, 0.15) is 6.54 Å². The average molecular weight is 528 g/mol. The van der Waals surface area contributed by atoms with Crippen LogP contribution in [0.1, 0.15) is 30.5 Å². The minimum atomic E-state index is -3.98. The maximum atomic E-state index is 13.5. The van der Waals surface area contributed by atoms with Gasteiger partial charge >= 0.3 is 0 Å². The van der Waals surface area contributed by atoms with Crippen molar-refractivity contribution in [3.8, 4) is 0 Å². The predicted molar refractivity (Wildman–Crippen MR) is 136 cm³/mol. The van der Waals surface area contributed by atoms with E-state index in [1.54, 1.807) is 43.3 Å². The van der Waals surface area contributed by atoms with Crippen molar-refractivity contribution < 1.29 is 13.2 Å². The SMILES string of the molecule is CCc1ccccc1N(CC(=O)N/N=C(/C)c1ccc(Br)cc1)S(=O)(=O)c1ccc(C)cc1. The summed E-state index contributed by atoms with van der Waals surface area (Å²) in [6.45, 7) is 5.21. The third-order valence-corrected chi connectivity index (χ3v) is 7.45. The molecule has 0 saturated carbocycles. The van der Waals surface area contributed by atoms with Crippen LogP contribution in [0.25, 0.3) is 0 Å². The Kier molecular flexibility index (Phi) is 8.05. The number of amides is 1. The van der Waals surface area contributed by atoms with E-state index < -0.39 is 22.5 Å². The van der Waals surface area contributed by atoms with Crippen LogP contribution >= 0.6 is 15.9 Å². The van der Waals surface area contributed by atoms with Crippen LogP contribution in [0.5, 0.6) is 0 Å². The van der Waals surface area contributed by atoms with Crippen LogP contribution in [0.15, 0.2) is 87.3 Å². The number of sulfonamides is 1. The molecular formula is C25H26BrN3O3S. The van der Waals surface area contributed by atoms with Crippen molar-refractivity contribution in [3.63, 3.8) is 0 Å². The summed E-state index contributed by atoms with van der Waals surface area (Å²) in [6, 6.07) is 21.3. The summed E-state index contributed by atoms with van der Waals surface area (Å²) < 4.78 is 29.2. The smallest absolute Gasteiger partial charge is 0.264 e. The van der Waals surface area contributed by atoms with Gasteiger partial charge < -0.3 is 0 Å². The number of rotatable bonds is 8. The molecule has 0 fully saturated rings. The molecule has 0 aliphatic carbocycles. The van der Waals surface area contributed by atoms with Crippen LogP contribution < -0.4 is 9.73 Å². The molecule has 0 unspecified atom stereocenters. The first kappa shape index (κ1) is 24.7. The molecule has 0 heterocycles. The van der Waals surface area contributed by atoms with E-state index in [1.165, 1.54) is 0 Å². The maximum absolute atomic E-state index is 13.5. The molecule has 1 amide bonds.